The normalized spacial score (nSPS) is 10.1. The summed E-state index contributed by atoms with van der Waals surface area (Å²) in [6, 6.07) is 0. The Morgan fingerprint density at radius 2 is 1.80 bits per heavy atom. The van der Waals surface area contributed by atoms with Crippen molar-refractivity contribution >= 4 is 24.5 Å². The number of thiol groups is 1. The molecular weight excluding hydrogens is 210 g/mol. The maximum Gasteiger partial charge on any atom is 0.231 e. The van der Waals surface area contributed by atoms with Crippen LogP contribution in [0.25, 0.3) is 0 Å². The summed E-state index contributed by atoms with van der Waals surface area (Å²) in [4.78, 5) is 14.6. The first-order valence-electron chi connectivity index (χ1n) is 5.15. The predicted molar refractivity (Wildman–Crippen MR) is 64.8 cm³/mol. The molecule has 6 heteroatoms. The lowest BCUT2D eigenvalue weighted by Crippen LogP contribution is -2.25. The Hall–Kier alpha value is -1.04. The van der Waals surface area contributed by atoms with Crippen LogP contribution in [0.4, 0.5) is 11.9 Å². The van der Waals surface area contributed by atoms with E-state index in [1.807, 2.05) is 6.92 Å². The average molecular weight is 227 g/mol. The Morgan fingerprint density at radius 1 is 1.13 bits per heavy atom. The van der Waals surface area contributed by atoms with Crippen LogP contribution in [0, 0.1) is 0 Å². The minimum absolute atomic E-state index is 0.447. The van der Waals surface area contributed by atoms with E-state index in [9.17, 15) is 0 Å². The standard InChI is InChI=1S/C9H17N5S/c1-4-10-7-11-8(13-9(15)12-7)14(5-2)6-3/h4-6H2,1-3H3,(H2,10,11,12,13,15). The van der Waals surface area contributed by atoms with E-state index in [4.69, 9.17) is 0 Å². The number of hydrogen-bond acceptors (Lipinski definition) is 6. The Bertz CT molecular complexity index is 313. The first-order chi connectivity index (χ1) is 7.21. The van der Waals surface area contributed by atoms with Crippen molar-refractivity contribution in [2.24, 2.45) is 0 Å². The summed E-state index contributed by atoms with van der Waals surface area (Å²) < 4.78 is 0. The van der Waals surface area contributed by atoms with Crippen LogP contribution in [0.5, 0.6) is 0 Å². The third kappa shape index (κ3) is 3.23. The molecule has 0 aromatic carbocycles. The van der Waals surface area contributed by atoms with E-state index in [2.05, 4.69) is 51.6 Å². The summed E-state index contributed by atoms with van der Waals surface area (Å²) in [5.41, 5.74) is 0. The highest BCUT2D eigenvalue weighted by Gasteiger charge is 2.08. The van der Waals surface area contributed by atoms with Gasteiger partial charge in [-0.15, -0.1) is 12.6 Å². The molecule has 1 N–H and O–H groups in total. The predicted octanol–water partition coefficient (Wildman–Crippen LogP) is 1.44. The van der Waals surface area contributed by atoms with Gasteiger partial charge in [-0.25, -0.2) is 0 Å². The largest absolute Gasteiger partial charge is 0.354 e. The molecule has 1 aromatic heterocycles. The quantitative estimate of drug-likeness (QED) is 0.745. The van der Waals surface area contributed by atoms with Crippen molar-refractivity contribution < 1.29 is 0 Å². The lowest BCUT2D eigenvalue weighted by molar-refractivity contribution is 0.784. The van der Waals surface area contributed by atoms with E-state index < -0.39 is 0 Å². The topological polar surface area (TPSA) is 53.9 Å². The van der Waals surface area contributed by atoms with Crippen molar-refractivity contribution in [2.45, 2.75) is 25.9 Å². The zero-order chi connectivity index (χ0) is 11.3. The van der Waals surface area contributed by atoms with Gasteiger partial charge < -0.3 is 10.2 Å². The molecule has 0 atom stereocenters. The first kappa shape index (κ1) is 12.0. The average Bonchev–Trinajstić information content (AvgIpc) is 2.19. The van der Waals surface area contributed by atoms with Crippen LogP contribution in [0.15, 0.2) is 5.16 Å². The number of nitrogens with one attached hydrogen (secondary N) is 1. The lowest BCUT2D eigenvalue weighted by atomic mass is 10.5. The van der Waals surface area contributed by atoms with Crippen molar-refractivity contribution in [2.75, 3.05) is 29.9 Å². The number of aromatic nitrogens is 3. The van der Waals surface area contributed by atoms with Crippen LogP contribution in [-0.2, 0) is 0 Å². The third-order valence-electron chi connectivity index (χ3n) is 1.99. The summed E-state index contributed by atoms with van der Waals surface area (Å²) in [5.74, 6) is 1.26. The third-order valence-corrected chi connectivity index (χ3v) is 2.19. The molecule has 1 rings (SSSR count). The summed E-state index contributed by atoms with van der Waals surface area (Å²) in [6.45, 7) is 8.67. The van der Waals surface area contributed by atoms with Crippen molar-refractivity contribution in [3.8, 4) is 0 Å². The molecule has 0 amide bonds. The van der Waals surface area contributed by atoms with Gasteiger partial charge >= 0.3 is 0 Å². The Balaban J connectivity index is 2.96. The van der Waals surface area contributed by atoms with Gasteiger partial charge in [0, 0.05) is 19.6 Å². The zero-order valence-corrected chi connectivity index (χ0v) is 10.3. The van der Waals surface area contributed by atoms with Gasteiger partial charge in [-0.1, -0.05) is 0 Å². The molecule has 15 heavy (non-hydrogen) atoms. The van der Waals surface area contributed by atoms with Crippen LogP contribution < -0.4 is 10.2 Å². The summed E-state index contributed by atoms with van der Waals surface area (Å²) in [6.07, 6.45) is 0. The van der Waals surface area contributed by atoms with Gasteiger partial charge in [-0.05, 0) is 20.8 Å². The van der Waals surface area contributed by atoms with Crippen LogP contribution >= 0.6 is 12.6 Å². The number of rotatable bonds is 5. The summed E-state index contributed by atoms with van der Waals surface area (Å²) in [5, 5.41) is 3.50. The molecule has 0 aliphatic heterocycles. The molecule has 0 saturated carbocycles. The van der Waals surface area contributed by atoms with Crippen LogP contribution in [0.2, 0.25) is 0 Å². The summed E-state index contributed by atoms with van der Waals surface area (Å²) >= 11 is 4.16. The molecule has 1 heterocycles. The molecule has 0 fully saturated rings. The second-order valence-electron chi connectivity index (χ2n) is 2.96. The van der Waals surface area contributed by atoms with E-state index in [0.717, 1.165) is 19.6 Å². The number of anilines is 2. The summed E-state index contributed by atoms with van der Waals surface area (Å²) in [7, 11) is 0. The van der Waals surface area contributed by atoms with Crippen LogP contribution in [-0.4, -0.2) is 34.6 Å². The van der Waals surface area contributed by atoms with E-state index in [0.29, 0.717) is 17.1 Å². The van der Waals surface area contributed by atoms with Gasteiger partial charge in [-0.2, -0.15) is 15.0 Å². The molecule has 0 radical (unpaired) electrons. The fourth-order valence-electron chi connectivity index (χ4n) is 1.24. The minimum Gasteiger partial charge on any atom is -0.354 e. The molecule has 84 valence electrons. The molecule has 0 unspecified atom stereocenters. The highest BCUT2D eigenvalue weighted by molar-refractivity contribution is 7.80. The van der Waals surface area contributed by atoms with Gasteiger partial charge in [-0.3, -0.25) is 0 Å². The Kier molecular flexibility index (Phi) is 4.61. The zero-order valence-electron chi connectivity index (χ0n) is 9.36. The van der Waals surface area contributed by atoms with Gasteiger partial charge in [0.2, 0.25) is 11.9 Å². The second kappa shape index (κ2) is 5.75. The molecule has 1 aromatic rings. The smallest absolute Gasteiger partial charge is 0.231 e. The second-order valence-corrected chi connectivity index (χ2v) is 3.36. The molecule has 0 aliphatic rings. The van der Waals surface area contributed by atoms with Crippen LogP contribution in [0.3, 0.4) is 0 Å². The molecule has 5 nitrogen and oxygen atoms in total. The van der Waals surface area contributed by atoms with Crippen molar-refractivity contribution in [3.63, 3.8) is 0 Å². The van der Waals surface area contributed by atoms with Crippen molar-refractivity contribution in [1.82, 2.24) is 15.0 Å². The molecule has 0 spiro atoms. The molecular formula is C9H17N5S. The molecule has 0 aliphatic carbocycles. The monoisotopic (exact) mass is 227 g/mol. The van der Waals surface area contributed by atoms with E-state index in [-0.39, 0.29) is 0 Å². The highest BCUT2D eigenvalue weighted by Crippen LogP contribution is 2.12. The maximum atomic E-state index is 4.31. The SMILES string of the molecule is CCNc1nc(S)nc(N(CC)CC)n1. The van der Waals surface area contributed by atoms with Gasteiger partial charge in [0.25, 0.3) is 0 Å². The van der Waals surface area contributed by atoms with Crippen molar-refractivity contribution in [3.05, 3.63) is 0 Å². The fourth-order valence-corrected chi connectivity index (χ4v) is 1.42. The molecule has 0 bridgehead atoms. The lowest BCUT2D eigenvalue weighted by Gasteiger charge is -2.18. The maximum absolute atomic E-state index is 4.31. The van der Waals surface area contributed by atoms with Crippen molar-refractivity contribution in [1.29, 1.82) is 0 Å². The van der Waals surface area contributed by atoms with E-state index >= 15 is 0 Å². The minimum atomic E-state index is 0.447. The fraction of sp³-hybridized carbons (Fsp3) is 0.667. The van der Waals surface area contributed by atoms with Gasteiger partial charge in [0.15, 0.2) is 5.16 Å². The Labute approximate surface area is 95.7 Å². The van der Waals surface area contributed by atoms with E-state index in [1.165, 1.54) is 0 Å². The highest BCUT2D eigenvalue weighted by atomic mass is 32.1. The van der Waals surface area contributed by atoms with E-state index in [1.54, 1.807) is 0 Å². The van der Waals surface area contributed by atoms with Gasteiger partial charge in [0.05, 0.1) is 0 Å². The first-order valence-corrected chi connectivity index (χ1v) is 5.59. The Morgan fingerprint density at radius 3 is 2.33 bits per heavy atom. The number of nitrogens with zero attached hydrogens (tertiary/aromatic N) is 4. The van der Waals surface area contributed by atoms with Gasteiger partial charge in [0.1, 0.15) is 0 Å². The molecule has 0 saturated heterocycles. The van der Waals surface area contributed by atoms with Crippen LogP contribution in [0.1, 0.15) is 20.8 Å². The number of hydrogen-bond donors (Lipinski definition) is 2.